The molecule has 40 heavy (non-hydrogen) atoms. The van der Waals surface area contributed by atoms with Crippen LogP contribution in [0.2, 0.25) is 0 Å². The van der Waals surface area contributed by atoms with Crippen LogP contribution in [0.1, 0.15) is 40.1 Å². The van der Waals surface area contributed by atoms with Crippen LogP contribution in [0.5, 0.6) is 5.75 Å². The fourth-order valence-corrected chi connectivity index (χ4v) is 5.23. The van der Waals surface area contributed by atoms with Gasteiger partial charge in [0.15, 0.2) is 17.3 Å². The molecule has 14 nitrogen and oxygen atoms in total. The number of nitrogens with zero attached hydrogens (tertiary/aromatic N) is 9. The molecule has 1 saturated heterocycles. The Morgan fingerprint density at radius 3 is 2.70 bits per heavy atom. The minimum absolute atomic E-state index is 0.000838. The summed E-state index contributed by atoms with van der Waals surface area (Å²) in [4.78, 5) is 59.1. The number of piperazine rings is 1. The number of hydrogen-bond donors (Lipinski definition) is 1. The highest BCUT2D eigenvalue weighted by Crippen LogP contribution is 2.26. The molecule has 1 N–H and O–H groups in total. The van der Waals surface area contributed by atoms with Gasteiger partial charge in [0.05, 0.1) is 36.8 Å². The quantitative estimate of drug-likeness (QED) is 0.336. The summed E-state index contributed by atoms with van der Waals surface area (Å²) < 4.78 is 8.40. The third kappa shape index (κ3) is 4.16. The van der Waals surface area contributed by atoms with E-state index in [9.17, 15) is 19.5 Å². The summed E-state index contributed by atoms with van der Waals surface area (Å²) in [6.45, 7) is 5.77. The second-order valence-electron chi connectivity index (χ2n) is 9.64. The van der Waals surface area contributed by atoms with Gasteiger partial charge in [0.25, 0.3) is 11.5 Å². The lowest BCUT2D eigenvalue weighted by Gasteiger charge is -2.36. The van der Waals surface area contributed by atoms with Crippen LogP contribution in [0.15, 0.2) is 23.4 Å². The van der Waals surface area contributed by atoms with Crippen molar-refractivity contribution in [3.8, 4) is 17.1 Å². The van der Waals surface area contributed by atoms with Crippen LogP contribution in [0.25, 0.3) is 17.2 Å². The number of carbonyl (C=O) groups is 2. The Labute approximate surface area is 227 Å². The summed E-state index contributed by atoms with van der Waals surface area (Å²) in [5.74, 6) is -0.0404. The smallest absolute Gasteiger partial charge is 0.299 e. The Morgan fingerprint density at radius 2 is 1.95 bits per heavy atom. The molecule has 1 fully saturated rings. The number of rotatable bonds is 6. The lowest BCUT2D eigenvalue weighted by atomic mass is 10.1. The Balaban J connectivity index is 1.36. The van der Waals surface area contributed by atoms with Crippen molar-refractivity contribution in [2.45, 2.75) is 40.0 Å². The van der Waals surface area contributed by atoms with Gasteiger partial charge >= 0.3 is 0 Å². The number of anilines is 1. The summed E-state index contributed by atoms with van der Waals surface area (Å²) in [6.07, 6.45) is 4.15. The largest absolute Gasteiger partial charge is 0.504 e. The summed E-state index contributed by atoms with van der Waals surface area (Å²) in [7, 11) is 0. The third-order valence-corrected chi connectivity index (χ3v) is 7.32. The van der Waals surface area contributed by atoms with E-state index in [0.29, 0.717) is 74.3 Å². The highest BCUT2D eigenvalue weighted by Gasteiger charge is 2.30. The zero-order valence-electron chi connectivity index (χ0n) is 22.1. The van der Waals surface area contributed by atoms with E-state index in [1.54, 1.807) is 22.6 Å². The van der Waals surface area contributed by atoms with Crippen molar-refractivity contribution >= 4 is 23.7 Å². The third-order valence-electron chi connectivity index (χ3n) is 7.32. The average molecular weight is 546 g/mol. The SMILES string of the molecule is CCc1c(N2CCN(C(=O)c3ncnc(C)c3O)CC2)c(=O)n2nc(-c3cnc4c(c3)COC4)nc2n1CC=O. The predicted molar refractivity (Wildman–Crippen MR) is 141 cm³/mol. The minimum Gasteiger partial charge on any atom is -0.504 e. The molecular weight excluding hydrogens is 518 g/mol. The molecule has 0 atom stereocenters. The molecule has 0 bridgehead atoms. The molecule has 2 aliphatic heterocycles. The number of carbonyl (C=O) groups excluding carboxylic acids is 2. The molecule has 0 saturated carbocycles. The van der Waals surface area contributed by atoms with Crippen LogP contribution < -0.4 is 10.5 Å². The highest BCUT2D eigenvalue weighted by molar-refractivity contribution is 5.95. The molecule has 0 unspecified atom stereocenters. The molecule has 1 amide bonds. The normalized spacial score (nSPS) is 15.1. The molecule has 0 aromatic carbocycles. The van der Waals surface area contributed by atoms with Crippen LogP contribution in [-0.4, -0.2) is 82.5 Å². The van der Waals surface area contributed by atoms with E-state index in [4.69, 9.17) is 4.74 Å². The molecular formula is C26H27N9O5. The van der Waals surface area contributed by atoms with E-state index in [0.717, 1.165) is 17.5 Å². The number of hydrogen-bond acceptors (Lipinski definition) is 11. The van der Waals surface area contributed by atoms with Gasteiger partial charge in [-0.05, 0) is 19.4 Å². The van der Waals surface area contributed by atoms with Crippen molar-refractivity contribution in [3.05, 3.63) is 57.3 Å². The maximum absolute atomic E-state index is 13.9. The summed E-state index contributed by atoms with van der Waals surface area (Å²) in [5, 5.41) is 14.8. The van der Waals surface area contributed by atoms with E-state index < -0.39 is 5.91 Å². The first-order valence-electron chi connectivity index (χ1n) is 13.0. The maximum Gasteiger partial charge on any atom is 0.299 e. The second kappa shape index (κ2) is 10.1. The molecule has 0 spiro atoms. The molecule has 14 heteroatoms. The van der Waals surface area contributed by atoms with Gasteiger partial charge < -0.3 is 29.0 Å². The number of amides is 1. The summed E-state index contributed by atoms with van der Waals surface area (Å²) >= 11 is 0. The van der Waals surface area contributed by atoms with Gasteiger partial charge in [0.1, 0.15) is 18.3 Å². The van der Waals surface area contributed by atoms with E-state index >= 15 is 0 Å². The highest BCUT2D eigenvalue weighted by atomic mass is 16.5. The number of pyridine rings is 1. The zero-order valence-corrected chi connectivity index (χ0v) is 22.1. The molecule has 6 rings (SSSR count). The predicted octanol–water partition coefficient (Wildman–Crippen LogP) is 0.511. The van der Waals surface area contributed by atoms with Gasteiger partial charge in [-0.3, -0.25) is 14.6 Å². The fourth-order valence-electron chi connectivity index (χ4n) is 5.23. The van der Waals surface area contributed by atoms with Gasteiger partial charge in [0.2, 0.25) is 5.78 Å². The Bertz CT molecular complexity index is 1710. The Kier molecular flexibility index (Phi) is 6.46. The van der Waals surface area contributed by atoms with Crippen LogP contribution in [0.3, 0.4) is 0 Å². The first-order chi connectivity index (χ1) is 19.4. The molecule has 0 aliphatic carbocycles. The number of aromatic hydroxyl groups is 1. The lowest BCUT2D eigenvalue weighted by molar-refractivity contribution is -0.108. The molecule has 4 aromatic heterocycles. The van der Waals surface area contributed by atoms with Crippen molar-refractivity contribution in [3.63, 3.8) is 0 Å². The molecule has 2 aliphatic rings. The average Bonchev–Trinajstić information content (AvgIpc) is 3.63. The Morgan fingerprint density at radius 1 is 1.15 bits per heavy atom. The zero-order chi connectivity index (χ0) is 28.0. The molecule has 206 valence electrons. The van der Waals surface area contributed by atoms with Crippen molar-refractivity contribution in [1.29, 1.82) is 0 Å². The van der Waals surface area contributed by atoms with Gasteiger partial charge in [-0.2, -0.15) is 9.50 Å². The standard InChI is InChI=1S/C26H27N9O5/c1-3-19-21(32-4-6-33(7-5-32)24(38)20-22(37)15(2)28-14-29-20)25(39)35-26(34(19)8-9-36)30-23(31-35)16-10-17-12-40-13-18(17)27-11-16/h9-11,14,37H,3-8,12-13H2,1-2H3. The van der Waals surface area contributed by atoms with E-state index in [1.165, 1.54) is 10.8 Å². The van der Waals surface area contributed by atoms with Crippen molar-refractivity contribution in [2.24, 2.45) is 0 Å². The van der Waals surface area contributed by atoms with Gasteiger partial charge in [0, 0.05) is 43.5 Å². The molecule has 0 radical (unpaired) electrons. The van der Waals surface area contributed by atoms with Crippen LogP contribution >= 0.6 is 0 Å². The van der Waals surface area contributed by atoms with Crippen LogP contribution in [0.4, 0.5) is 5.69 Å². The lowest BCUT2D eigenvalue weighted by Crippen LogP contribution is -2.51. The summed E-state index contributed by atoms with van der Waals surface area (Å²) in [6, 6.07) is 1.91. The van der Waals surface area contributed by atoms with Crippen molar-refractivity contribution in [1.82, 2.24) is 39.0 Å². The van der Waals surface area contributed by atoms with Gasteiger partial charge in [-0.25, -0.2) is 9.97 Å². The number of aldehydes is 1. The maximum atomic E-state index is 13.9. The van der Waals surface area contributed by atoms with E-state index in [2.05, 4.69) is 25.0 Å². The van der Waals surface area contributed by atoms with E-state index in [1.807, 2.05) is 17.9 Å². The number of aromatic nitrogens is 7. The Hall–Kier alpha value is -4.72. The van der Waals surface area contributed by atoms with Crippen LogP contribution in [-0.2, 0) is 35.7 Å². The number of ether oxygens (including phenoxy) is 1. The second-order valence-corrected chi connectivity index (χ2v) is 9.64. The van der Waals surface area contributed by atoms with Crippen molar-refractivity contribution < 1.29 is 19.4 Å². The first-order valence-corrected chi connectivity index (χ1v) is 13.0. The minimum atomic E-state index is -0.401. The monoisotopic (exact) mass is 545 g/mol. The number of fused-ring (bicyclic) bond motifs is 2. The van der Waals surface area contributed by atoms with Gasteiger partial charge in [-0.1, -0.05) is 6.92 Å². The van der Waals surface area contributed by atoms with Crippen molar-refractivity contribution in [2.75, 3.05) is 31.1 Å². The fraction of sp³-hybridized carbons (Fsp3) is 0.385. The molecule has 4 aromatic rings. The first kappa shape index (κ1) is 25.6. The molecule has 6 heterocycles. The van der Waals surface area contributed by atoms with Gasteiger partial charge in [-0.15, -0.1) is 5.10 Å². The van der Waals surface area contributed by atoms with Crippen LogP contribution in [0, 0.1) is 6.92 Å². The van der Waals surface area contributed by atoms with E-state index in [-0.39, 0.29) is 29.3 Å². The summed E-state index contributed by atoms with van der Waals surface area (Å²) in [5.41, 5.74) is 3.47. The topological polar surface area (TPSA) is 161 Å². The number of aryl methyl sites for hydroxylation is 1.